The van der Waals surface area contributed by atoms with Crippen LogP contribution in [0, 0.1) is 12.8 Å². The summed E-state index contributed by atoms with van der Waals surface area (Å²) in [6, 6.07) is 13.9. The standard InChI is InChI=1S/C28H33N3O3/c1-18-26(31-28(33)21-4-11-25(12-5-21)34-17-19-2-3-19)13-6-22-14-20(16-30-27(18)22)15-29-23-7-9-24(32)10-8-23/h4-6,11-14,16,19,23-24,29,32H,2-3,7-10,15,17H2,1H3,(H,31,33)/t23-,24-. The third kappa shape index (κ3) is 5.57. The predicted octanol–water partition coefficient (Wildman–Crippen LogP) is 4.98. The number of aliphatic hydroxyl groups is 1. The van der Waals surface area contributed by atoms with Crippen LogP contribution in [0.25, 0.3) is 10.9 Å². The SMILES string of the molecule is Cc1c(NC(=O)c2ccc(OCC3CC3)cc2)ccc2cc(CN[C@H]3CC[C@H](O)CC3)cnc12. The highest BCUT2D eigenvalue weighted by molar-refractivity contribution is 6.06. The largest absolute Gasteiger partial charge is 0.493 e. The van der Waals surface area contributed by atoms with Crippen molar-refractivity contribution < 1.29 is 14.6 Å². The number of aliphatic hydroxyl groups excluding tert-OH is 1. The van der Waals surface area contributed by atoms with Crippen LogP contribution < -0.4 is 15.4 Å². The molecule has 2 aliphatic carbocycles. The van der Waals surface area contributed by atoms with Crippen molar-refractivity contribution in [2.75, 3.05) is 11.9 Å². The molecule has 0 unspecified atom stereocenters. The molecule has 2 fully saturated rings. The zero-order chi connectivity index (χ0) is 23.5. The molecular weight excluding hydrogens is 426 g/mol. The molecule has 6 nitrogen and oxygen atoms in total. The molecule has 1 amide bonds. The number of ether oxygens (including phenoxy) is 1. The van der Waals surface area contributed by atoms with Gasteiger partial charge in [0.25, 0.3) is 5.91 Å². The van der Waals surface area contributed by atoms with Gasteiger partial charge in [0.1, 0.15) is 5.75 Å². The van der Waals surface area contributed by atoms with E-state index in [9.17, 15) is 9.90 Å². The number of aryl methyl sites for hydroxylation is 1. The first-order chi connectivity index (χ1) is 16.5. The maximum absolute atomic E-state index is 12.8. The molecule has 3 aromatic rings. The topological polar surface area (TPSA) is 83.5 Å². The maximum Gasteiger partial charge on any atom is 0.255 e. The van der Waals surface area contributed by atoms with E-state index in [-0.39, 0.29) is 12.0 Å². The highest BCUT2D eigenvalue weighted by Gasteiger charge is 2.22. The van der Waals surface area contributed by atoms with E-state index >= 15 is 0 Å². The Kier molecular flexibility index (Phi) is 6.79. The molecule has 6 heteroatoms. The summed E-state index contributed by atoms with van der Waals surface area (Å²) in [7, 11) is 0. The van der Waals surface area contributed by atoms with Crippen LogP contribution in [-0.4, -0.2) is 34.8 Å². The highest BCUT2D eigenvalue weighted by Crippen LogP contribution is 2.30. The van der Waals surface area contributed by atoms with Crippen molar-refractivity contribution in [2.24, 2.45) is 5.92 Å². The Morgan fingerprint density at radius 1 is 1.06 bits per heavy atom. The van der Waals surface area contributed by atoms with E-state index in [2.05, 4.69) is 16.7 Å². The van der Waals surface area contributed by atoms with Crippen LogP contribution in [0.1, 0.15) is 60.0 Å². The summed E-state index contributed by atoms with van der Waals surface area (Å²) in [4.78, 5) is 17.5. The fraction of sp³-hybridized carbons (Fsp3) is 0.429. The van der Waals surface area contributed by atoms with Crippen molar-refractivity contribution in [3.05, 3.63) is 65.4 Å². The van der Waals surface area contributed by atoms with Gasteiger partial charge >= 0.3 is 0 Å². The molecule has 1 aromatic heterocycles. The zero-order valence-corrected chi connectivity index (χ0v) is 19.7. The summed E-state index contributed by atoms with van der Waals surface area (Å²) in [6.07, 6.45) is 8.06. The Hall–Kier alpha value is -2.96. The summed E-state index contributed by atoms with van der Waals surface area (Å²) in [6.45, 7) is 3.52. The number of nitrogens with one attached hydrogen (secondary N) is 2. The van der Waals surface area contributed by atoms with Gasteiger partial charge in [0, 0.05) is 35.4 Å². The van der Waals surface area contributed by atoms with Crippen molar-refractivity contribution in [3.8, 4) is 5.75 Å². The molecule has 34 heavy (non-hydrogen) atoms. The van der Waals surface area contributed by atoms with Gasteiger partial charge in [-0.1, -0.05) is 6.07 Å². The smallest absolute Gasteiger partial charge is 0.255 e. The zero-order valence-electron chi connectivity index (χ0n) is 19.7. The first-order valence-electron chi connectivity index (χ1n) is 12.4. The van der Waals surface area contributed by atoms with Gasteiger partial charge in [0.2, 0.25) is 0 Å². The van der Waals surface area contributed by atoms with Gasteiger partial charge in [-0.25, -0.2) is 0 Å². The van der Waals surface area contributed by atoms with Gasteiger partial charge in [0.15, 0.2) is 0 Å². The van der Waals surface area contributed by atoms with E-state index < -0.39 is 0 Å². The Morgan fingerprint density at radius 3 is 2.56 bits per heavy atom. The quantitative estimate of drug-likeness (QED) is 0.443. The molecule has 2 aliphatic rings. The number of carbonyl (C=O) groups is 1. The minimum Gasteiger partial charge on any atom is -0.493 e. The Bertz CT molecular complexity index is 1150. The first kappa shape index (κ1) is 22.8. The Labute approximate surface area is 200 Å². The number of hydrogen-bond acceptors (Lipinski definition) is 5. The average Bonchev–Trinajstić information content (AvgIpc) is 3.69. The third-order valence-corrected chi connectivity index (χ3v) is 7.00. The third-order valence-electron chi connectivity index (χ3n) is 7.00. The van der Waals surface area contributed by atoms with E-state index in [1.165, 1.54) is 12.8 Å². The second kappa shape index (κ2) is 10.1. The number of anilines is 1. The lowest BCUT2D eigenvalue weighted by Gasteiger charge is -2.26. The van der Waals surface area contributed by atoms with Crippen molar-refractivity contribution in [2.45, 2.75) is 64.1 Å². The average molecular weight is 460 g/mol. The van der Waals surface area contributed by atoms with Gasteiger partial charge in [-0.15, -0.1) is 0 Å². The summed E-state index contributed by atoms with van der Waals surface area (Å²) < 4.78 is 5.76. The fourth-order valence-corrected chi connectivity index (χ4v) is 4.56. The lowest BCUT2D eigenvalue weighted by Crippen LogP contribution is -2.34. The molecule has 1 heterocycles. The van der Waals surface area contributed by atoms with Crippen molar-refractivity contribution in [1.82, 2.24) is 10.3 Å². The fourth-order valence-electron chi connectivity index (χ4n) is 4.56. The van der Waals surface area contributed by atoms with Crippen LogP contribution in [0.2, 0.25) is 0 Å². The van der Waals surface area contributed by atoms with Crippen LogP contribution in [0.3, 0.4) is 0 Å². The van der Waals surface area contributed by atoms with E-state index in [4.69, 9.17) is 9.72 Å². The number of pyridine rings is 1. The maximum atomic E-state index is 12.8. The monoisotopic (exact) mass is 459 g/mol. The summed E-state index contributed by atoms with van der Waals surface area (Å²) >= 11 is 0. The summed E-state index contributed by atoms with van der Waals surface area (Å²) in [5.74, 6) is 1.36. The van der Waals surface area contributed by atoms with Crippen LogP contribution >= 0.6 is 0 Å². The predicted molar refractivity (Wildman–Crippen MR) is 134 cm³/mol. The molecule has 0 bridgehead atoms. The van der Waals surface area contributed by atoms with E-state index in [1.807, 2.05) is 37.4 Å². The lowest BCUT2D eigenvalue weighted by molar-refractivity contribution is 0.102. The molecule has 0 saturated heterocycles. The molecule has 5 rings (SSSR count). The number of nitrogens with zero attached hydrogens (tertiary/aromatic N) is 1. The van der Waals surface area contributed by atoms with Crippen molar-refractivity contribution in [1.29, 1.82) is 0 Å². The number of rotatable bonds is 8. The molecule has 0 atom stereocenters. The van der Waals surface area contributed by atoms with Crippen molar-refractivity contribution >= 4 is 22.5 Å². The first-order valence-corrected chi connectivity index (χ1v) is 12.4. The molecule has 0 aliphatic heterocycles. The van der Waals surface area contributed by atoms with Crippen LogP contribution in [0.5, 0.6) is 5.75 Å². The number of amides is 1. The van der Waals surface area contributed by atoms with Gasteiger partial charge < -0.3 is 20.5 Å². The van der Waals surface area contributed by atoms with E-state index in [0.717, 1.165) is 72.3 Å². The second-order valence-corrected chi connectivity index (χ2v) is 9.77. The highest BCUT2D eigenvalue weighted by atomic mass is 16.5. The van der Waals surface area contributed by atoms with E-state index in [0.29, 0.717) is 17.5 Å². The molecule has 0 radical (unpaired) electrons. The Morgan fingerprint density at radius 2 is 1.82 bits per heavy atom. The van der Waals surface area contributed by atoms with Crippen LogP contribution in [0.4, 0.5) is 5.69 Å². The molecule has 178 valence electrons. The number of carbonyl (C=O) groups excluding carboxylic acids is 1. The van der Waals surface area contributed by atoms with Gasteiger partial charge in [-0.2, -0.15) is 0 Å². The summed E-state index contributed by atoms with van der Waals surface area (Å²) in [5, 5.41) is 17.4. The van der Waals surface area contributed by atoms with Crippen LogP contribution in [0.15, 0.2) is 48.7 Å². The number of fused-ring (bicyclic) bond motifs is 1. The molecule has 0 spiro atoms. The number of benzene rings is 2. The second-order valence-electron chi connectivity index (χ2n) is 9.77. The minimum atomic E-state index is -0.144. The minimum absolute atomic E-state index is 0.136. The Balaban J connectivity index is 1.21. The van der Waals surface area contributed by atoms with Crippen molar-refractivity contribution in [3.63, 3.8) is 0 Å². The molecule has 2 aromatic carbocycles. The summed E-state index contributed by atoms with van der Waals surface area (Å²) in [5.41, 5.74) is 4.36. The van der Waals surface area contributed by atoms with E-state index in [1.54, 1.807) is 12.1 Å². The lowest BCUT2D eigenvalue weighted by atomic mass is 9.93. The molecule has 2 saturated carbocycles. The van der Waals surface area contributed by atoms with Gasteiger partial charge in [-0.05, 0) is 98.9 Å². The number of aromatic nitrogens is 1. The van der Waals surface area contributed by atoms with Crippen LogP contribution in [-0.2, 0) is 6.54 Å². The molecule has 3 N–H and O–H groups in total. The van der Waals surface area contributed by atoms with Gasteiger partial charge in [-0.3, -0.25) is 9.78 Å². The normalized spacial score (nSPS) is 20.3. The number of hydrogen-bond donors (Lipinski definition) is 3. The van der Waals surface area contributed by atoms with Gasteiger partial charge in [0.05, 0.1) is 18.2 Å². The molecular formula is C28H33N3O3.